The molecule has 6 N–H and O–H groups in total. The monoisotopic (exact) mass is 428 g/mol. The van der Waals surface area contributed by atoms with Crippen LogP contribution in [0.4, 0.5) is 5.69 Å². The molecule has 6 nitrogen and oxygen atoms in total. The van der Waals surface area contributed by atoms with Crippen molar-refractivity contribution >= 4 is 54.9 Å². The number of aliphatic hydroxyl groups excluding tert-OH is 1. The number of phenols is 1. The Labute approximate surface area is 141 Å². The normalized spacial score (nSPS) is 24.0. The number of aliphatic hydroxyl groups is 1. The van der Waals surface area contributed by atoms with Crippen LogP contribution in [-0.2, 0) is 4.79 Å². The molecule has 3 rings (SSSR count). The number of allylic oxidation sites excluding steroid dienone is 2. The van der Waals surface area contributed by atoms with Crippen LogP contribution in [-0.4, -0.2) is 27.8 Å². The molecule has 2 aliphatic carbocycles. The van der Waals surface area contributed by atoms with Crippen LogP contribution in [0.25, 0.3) is 5.76 Å². The second-order valence-corrected chi connectivity index (χ2v) is 6.83. The van der Waals surface area contributed by atoms with Crippen molar-refractivity contribution in [3.8, 4) is 5.75 Å². The molecule has 8 heteroatoms. The molecule has 0 radical (unpaired) electrons. The maximum absolute atomic E-state index is 12.7. The van der Waals surface area contributed by atoms with Crippen LogP contribution in [0.2, 0.25) is 0 Å². The third-order valence-electron chi connectivity index (χ3n) is 3.80. The highest BCUT2D eigenvalue weighted by molar-refractivity contribution is 9.11. The predicted octanol–water partition coefficient (Wildman–Crippen LogP) is 2.01. The first-order valence-corrected chi connectivity index (χ1v) is 7.79. The van der Waals surface area contributed by atoms with Gasteiger partial charge in [0.15, 0.2) is 11.6 Å². The smallest absolute Gasteiger partial charge is 0.180 e. The van der Waals surface area contributed by atoms with Gasteiger partial charge in [0.25, 0.3) is 0 Å². The van der Waals surface area contributed by atoms with E-state index < -0.39 is 23.5 Å². The summed E-state index contributed by atoms with van der Waals surface area (Å²) in [5.74, 6) is -3.00. The van der Waals surface area contributed by atoms with E-state index in [1.54, 1.807) is 0 Å². The summed E-state index contributed by atoms with van der Waals surface area (Å²) < 4.78 is 0.595. The van der Waals surface area contributed by atoms with E-state index in [4.69, 9.17) is 11.5 Å². The van der Waals surface area contributed by atoms with Gasteiger partial charge in [-0.2, -0.15) is 0 Å². The molecule has 114 valence electrons. The highest BCUT2D eigenvalue weighted by Crippen LogP contribution is 2.46. The molecule has 0 amide bonds. The molecule has 0 heterocycles. The van der Waals surface area contributed by atoms with Gasteiger partial charge in [-0.1, -0.05) is 15.9 Å². The molecule has 0 bridgehead atoms. The largest absolute Gasteiger partial charge is 0.507 e. The average Bonchev–Trinajstić information content (AvgIpc) is 2.45. The fourth-order valence-corrected chi connectivity index (χ4v) is 3.63. The summed E-state index contributed by atoms with van der Waals surface area (Å²) in [7, 11) is 0. The highest BCUT2D eigenvalue weighted by atomic mass is 79.9. The van der Waals surface area contributed by atoms with Gasteiger partial charge < -0.3 is 21.7 Å². The second-order valence-electron chi connectivity index (χ2n) is 5.06. The predicted molar refractivity (Wildman–Crippen MR) is 87.6 cm³/mol. The number of anilines is 1. The van der Waals surface area contributed by atoms with Crippen molar-refractivity contribution in [2.75, 3.05) is 5.73 Å². The van der Waals surface area contributed by atoms with Gasteiger partial charge >= 0.3 is 0 Å². The lowest BCUT2D eigenvalue weighted by molar-refractivity contribution is -0.121. The Morgan fingerprint density at radius 2 is 1.77 bits per heavy atom. The lowest BCUT2D eigenvalue weighted by atomic mass is 9.74. The lowest BCUT2D eigenvalue weighted by Crippen LogP contribution is -2.44. The van der Waals surface area contributed by atoms with E-state index >= 15 is 0 Å². The number of ketones is 2. The van der Waals surface area contributed by atoms with Crippen molar-refractivity contribution in [2.45, 2.75) is 6.04 Å². The molecule has 1 aromatic carbocycles. The van der Waals surface area contributed by atoms with Crippen LogP contribution in [0.5, 0.6) is 5.75 Å². The zero-order chi connectivity index (χ0) is 16.3. The Kier molecular flexibility index (Phi) is 3.42. The Morgan fingerprint density at radius 1 is 1.14 bits per heavy atom. The van der Waals surface area contributed by atoms with Crippen LogP contribution in [0, 0.1) is 5.92 Å². The molecule has 0 spiro atoms. The fraction of sp³-hybridized carbons (Fsp3) is 0.143. The van der Waals surface area contributed by atoms with Gasteiger partial charge in [-0.15, -0.1) is 0 Å². The molecule has 2 aliphatic rings. The van der Waals surface area contributed by atoms with Gasteiger partial charge in [0, 0.05) is 15.7 Å². The van der Waals surface area contributed by atoms with Gasteiger partial charge in [0.2, 0.25) is 0 Å². The zero-order valence-corrected chi connectivity index (χ0v) is 14.1. The van der Waals surface area contributed by atoms with Gasteiger partial charge in [-0.3, -0.25) is 9.59 Å². The Hall–Kier alpha value is -1.64. The number of hydrogen-bond donors (Lipinski definition) is 4. The van der Waals surface area contributed by atoms with Gasteiger partial charge in [0.1, 0.15) is 17.4 Å². The van der Waals surface area contributed by atoms with Crippen molar-refractivity contribution < 1.29 is 19.8 Å². The number of carbonyl (C=O) groups is 2. The van der Waals surface area contributed by atoms with Crippen molar-refractivity contribution in [2.24, 2.45) is 11.7 Å². The van der Waals surface area contributed by atoms with E-state index in [1.807, 2.05) is 0 Å². The molecular weight excluding hydrogens is 420 g/mol. The van der Waals surface area contributed by atoms with Crippen LogP contribution in [0.15, 0.2) is 26.7 Å². The number of nitrogens with two attached hydrogens (primary N) is 2. The molecule has 1 aromatic rings. The first-order chi connectivity index (χ1) is 10.3. The van der Waals surface area contributed by atoms with Crippen molar-refractivity contribution in [3.05, 3.63) is 37.8 Å². The summed E-state index contributed by atoms with van der Waals surface area (Å²) in [6.07, 6.45) is 1.43. The summed E-state index contributed by atoms with van der Waals surface area (Å²) in [6, 6.07) is 0.376. The highest BCUT2D eigenvalue weighted by Gasteiger charge is 2.45. The summed E-state index contributed by atoms with van der Waals surface area (Å²) in [5.41, 5.74) is 11.6. The SMILES string of the molecule is Nc1cc(Br)c(O)c2c1C(=O)[C@H]1C(=O)[C@H](N)C(Br)=CC1=C2O. The van der Waals surface area contributed by atoms with Gasteiger partial charge in [0.05, 0.1) is 21.6 Å². The third-order valence-corrected chi connectivity index (χ3v) is 5.12. The zero-order valence-electron chi connectivity index (χ0n) is 10.9. The van der Waals surface area contributed by atoms with Crippen LogP contribution in [0.3, 0.4) is 0 Å². The van der Waals surface area contributed by atoms with Gasteiger partial charge in [-0.05, 0) is 28.1 Å². The molecule has 0 saturated carbocycles. The third kappa shape index (κ3) is 1.87. The first kappa shape index (κ1) is 15.3. The average molecular weight is 430 g/mol. The van der Waals surface area contributed by atoms with Crippen LogP contribution < -0.4 is 11.5 Å². The van der Waals surface area contributed by atoms with E-state index in [2.05, 4.69) is 31.9 Å². The number of fused-ring (bicyclic) bond motifs is 2. The maximum atomic E-state index is 12.7. The standard InChI is InChI=1S/C14H10Br2N2O4/c15-4-1-3-7(14(22)10(4)18)13(21)8-6(17)2-5(16)12(20)9(8)11(3)19/h1-2,7,10,19-20H,17-18H2/t7-,10+/m0/s1. The van der Waals surface area contributed by atoms with Crippen molar-refractivity contribution in [3.63, 3.8) is 0 Å². The number of hydrogen-bond acceptors (Lipinski definition) is 6. The van der Waals surface area contributed by atoms with Crippen LogP contribution in [0.1, 0.15) is 15.9 Å². The second kappa shape index (κ2) is 4.94. The van der Waals surface area contributed by atoms with E-state index in [0.717, 1.165) is 0 Å². The minimum absolute atomic E-state index is 0.0604. The van der Waals surface area contributed by atoms with Crippen LogP contribution >= 0.6 is 31.9 Å². The number of aromatic hydroxyl groups is 1. The molecule has 0 fully saturated rings. The molecule has 0 aliphatic heterocycles. The topological polar surface area (TPSA) is 127 Å². The Balaban J connectivity index is 2.41. The molecule has 0 saturated heterocycles. The van der Waals surface area contributed by atoms with Crippen molar-refractivity contribution in [1.82, 2.24) is 0 Å². The molecule has 0 aromatic heterocycles. The summed E-state index contributed by atoms with van der Waals surface area (Å²) >= 11 is 6.26. The van der Waals surface area contributed by atoms with E-state index in [0.29, 0.717) is 4.48 Å². The number of halogens is 2. The number of benzene rings is 1. The quantitative estimate of drug-likeness (QED) is 0.284. The van der Waals surface area contributed by atoms with Crippen molar-refractivity contribution in [1.29, 1.82) is 0 Å². The fourth-order valence-electron chi connectivity index (χ4n) is 2.71. The molecule has 0 unspecified atom stereocenters. The number of Topliss-reactive ketones (excluding diaryl/α,β-unsaturated/α-hetero) is 2. The first-order valence-electron chi connectivity index (χ1n) is 6.20. The molecule has 22 heavy (non-hydrogen) atoms. The summed E-state index contributed by atoms with van der Waals surface area (Å²) in [4.78, 5) is 25.0. The van der Waals surface area contributed by atoms with E-state index in [-0.39, 0.29) is 38.4 Å². The lowest BCUT2D eigenvalue weighted by Gasteiger charge is -2.31. The maximum Gasteiger partial charge on any atom is 0.180 e. The number of carbonyl (C=O) groups excluding carboxylic acids is 2. The minimum atomic E-state index is -1.22. The minimum Gasteiger partial charge on any atom is -0.507 e. The summed E-state index contributed by atoms with van der Waals surface area (Å²) in [6.45, 7) is 0. The molecule has 2 atom stereocenters. The Morgan fingerprint density at radius 3 is 2.41 bits per heavy atom. The van der Waals surface area contributed by atoms with E-state index in [9.17, 15) is 19.8 Å². The van der Waals surface area contributed by atoms with Gasteiger partial charge in [-0.25, -0.2) is 0 Å². The number of nitrogen functional groups attached to an aromatic ring is 1. The molecular formula is C14H10Br2N2O4. The summed E-state index contributed by atoms with van der Waals surface area (Å²) in [5, 5.41) is 20.6. The number of phenolic OH excluding ortho intramolecular Hbond substituents is 1. The number of rotatable bonds is 0. The Bertz CT molecular complexity index is 814. The van der Waals surface area contributed by atoms with E-state index in [1.165, 1.54) is 12.1 Å².